The summed E-state index contributed by atoms with van der Waals surface area (Å²) in [6, 6.07) is 8.32. The molecule has 1 aliphatic heterocycles. The molecule has 0 atom stereocenters. The van der Waals surface area contributed by atoms with Gasteiger partial charge in [-0.3, -0.25) is 14.9 Å². The molecule has 1 aliphatic rings. The number of hydrogen-bond donors (Lipinski definition) is 1. The highest BCUT2D eigenvalue weighted by molar-refractivity contribution is 5.88. The van der Waals surface area contributed by atoms with Crippen molar-refractivity contribution < 1.29 is 23.9 Å². The average molecular weight is 371 g/mol. The Bertz CT molecular complexity index is 926. The number of benzene rings is 2. The van der Waals surface area contributed by atoms with E-state index in [-0.39, 0.29) is 24.7 Å². The number of nitrogens with one attached hydrogen (secondary N) is 1. The highest BCUT2D eigenvalue weighted by atomic mass is 16.7. The molecule has 1 N–H and O–H groups in total. The Balaban J connectivity index is 1.62. The van der Waals surface area contributed by atoms with E-state index in [4.69, 9.17) is 14.2 Å². The minimum Gasteiger partial charge on any atom is -0.483 e. The van der Waals surface area contributed by atoms with E-state index in [0.29, 0.717) is 17.2 Å². The lowest BCUT2D eigenvalue weighted by atomic mass is 10.1. The first-order valence-electron chi connectivity index (χ1n) is 8.04. The molecule has 3 rings (SSSR count). The van der Waals surface area contributed by atoms with Gasteiger partial charge in [0, 0.05) is 0 Å². The Morgan fingerprint density at radius 1 is 1.30 bits per heavy atom. The number of hydrazone groups is 1. The number of rotatable bonds is 6. The molecule has 0 spiro atoms. The van der Waals surface area contributed by atoms with E-state index in [1.54, 1.807) is 6.07 Å². The van der Waals surface area contributed by atoms with Gasteiger partial charge in [0.1, 0.15) is 5.75 Å². The molecule has 0 radical (unpaired) electrons. The predicted octanol–water partition coefficient (Wildman–Crippen LogP) is 2.47. The van der Waals surface area contributed by atoms with Crippen LogP contribution in [0.4, 0.5) is 5.69 Å². The molecule has 9 nitrogen and oxygen atoms in total. The van der Waals surface area contributed by atoms with E-state index >= 15 is 0 Å². The number of nitro groups is 1. The number of ether oxygens (including phenoxy) is 3. The second kappa shape index (κ2) is 7.73. The number of hydrogen-bond acceptors (Lipinski definition) is 7. The van der Waals surface area contributed by atoms with Crippen LogP contribution in [0.25, 0.3) is 0 Å². The van der Waals surface area contributed by atoms with E-state index in [9.17, 15) is 14.9 Å². The highest BCUT2D eigenvalue weighted by Gasteiger charge is 2.22. The molecule has 1 amide bonds. The van der Waals surface area contributed by atoms with Gasteiger partial charge in [-0.05, 0) is 31.5 Å². The van der Waals surface area contributed by atoms with Gasteiger partial charge in [0.15, 0.2) is 18.1 Å². The van der Waals surface area contributed by atoms with Gasteiger partial charge in [0.25, 0.3) is 11.6 Å². The van der Waals surface area contributed by atoms with E-state index in [1.165, 1.54) is 18.3 Å². The normalized spacial score (nSPS) is 12.2. The third-order valence-corrected chi connectivity index (χ3v) is 3.80. The third kappa shape index (κ3) is 4.32. The van der Waals surface area contributed by atoms with Crippen LogP contribution < -0.4 is 19.6 Å². The summed E-state index contributed by atoms with van der Waals surface area (Å²) in [5.74, 6) is 0.789. The number of nitro benzene ring substituents is 1. The molecule has 1 heterocycles. The van der Waals surface area contributed by atoms with Crippen LogP contribution in [0, 0.1) is 24.0 Å². The van der Waals surface area contributed by atoms with E-state index < -0.39 is 10.8 Å². The molecule has 0 unspecified atom stereocenters. The summed E-state index contributed by atoms with van der Waals surface area (Å²) in [6.07, 6.45) is 1.18. The minimum absolute atomic E-state index is 0.000411. The van der Waals surface area contributed by atoms with Gasteiger partial charge in [-0.25, -0.2) is 5.43 Å². The molecular weight excluding hydrogens is 354 g/mol. The summed E-state index contributed by atoms with van der Waals surface area (Å²) in [7, 11) is 0. The molecule has 9 heteroatoms. The smallest absolute Gasteiger partial charge is 0.282 e. The van der Waals surface area contributed by atoms with Crippen LogP contribution in [0.3, 0.4) is 0 Å². The summed E-state index contributed by atoms with van der Waals surface area (Å²) in [5, 5.41) is 14.9. The van der Waals surface area contributed by atoms with Crippen molar-refractivity contribution >= 4 is 17.8 Å². The van der Waals surface area contributed by atoms with Crippen LogP contribution in [0.5, 0.6) is 17.2 Å². The Labute approximate surface area is 154 Å². The molecule has 0 saturated heterocycles. The number of carbonyl (C=O) groups is 1. The molecule has 2 aromatic rings. The Morgan fingerprint density at radius 3 is 2.74 bits per heavy atom. The molecule has 0 saturated carbocycles. The maximum Gasteiger partial charge on any atom is 0.282 e. The van der Waals surface area contributed by atoms with Crippen molar-refractivity contribution in [1.29, 1.82) is 0 Å². The number of nitrogens with zero attached hydrogens (tertiary/aromatic N) is 2. The average Bonchev–Trinajstić information content (AvgIpc) is 3.07. The lowest BCUT2D eigenvalue weighted by molar-refractivity contribution is -0.385. The maximum atomic E-state index is 11.9. The van der Waals surface area contributed by atoms with Gasteiger partial charge in [0.05, 0.1) is 22.8 Å². The van der Waals surface area contributed by atoms with Gasteiger partial charge >= 0.3 is 0 Å². The largest absolute Gasteiger partial charge is 0.483 e. The van der Waals surface area contributed by atoms with Crippen molar-refractivity contribution in [2.24, 2.45) is 5.10 Å². The first kappa shape index (κ1) is 18.2. The Hall–Kier alpha value is -3.62. The Kier molecular flexibility index (Phi) is 5.20. The molecule has 2 aromatic carbocycles. The minimum atomic E-state index is -0.561. The Morgan fingerprint density at radius 2 is 2.04 bits per heavy atom. The van der Waals surface area contributed by atoms with Crippen molar-refractivity contribution in [3.05, 3.63) is 57.1 Å². The van der Waals surface area contributed by atoms with Crippen LogP contribution in [-0.4, -0.2) is 30.4 Å². The third-order valence-electron chi connectivity index (χ3n) is 3.80. The fourth-order valence-electron chi connectivity index (χ4n) is 2.52. The SMILES string of the molecule is Cc1ccc(OCC(=O)NN=Cc2cc3c(cc2[N+](=O)[O-])OCO3)c(C)c1. The van der Waals surface area contributed by atoms with Crippen molar-refractivity contribution in [2.45, 2.75) is 13.8 Å². The van der Waals surface area contributed by atoms with Gasteiger partial charge in [-0.15, -0.1) is 0 Å². The zero-order chi connectivity index (χ0) is 19.4. The maximum absolute atomic E-state index is 11.9. The molecule has 0 aromatic heterocycles. The van der Waals surface area contributed by atoms with Gasteiger partial charge in [-0.1, -0.05) is 17.7 Å². The zero-order valence-electron chi connectivity index (χ0n) is 14.7. The summed E-state index contributed by atoms with van der Waals surface area (Å²) < 4.78 is 15.8. The molecule has 0 fully saturated rings. The second-order valence-corrected chi connectivity index (χ2v) is 5.87. The van der Waals surface area contributed by atoms with Crippen LogP contribution in [0.1, 0.15) is 16.7 Å². The first-order valence-corrected chi connectivity index (χ1v) is 8.04. The van der Waals surface area contributed by atoms with E-state index in [2.05, 4.69) is 10.5 Å². The number of carbonyl (C=O) groups excluding carboxylic acids is 1. The molecule has 140 valence electrons. The fourth-order valence-corrected chi connectivity index (χ4v) is 2.52. The van der Waals surface area contributed by atoms with Gasteiger partial charge in [-0.2, -0.15) is 5.10 Å². The summed E-state index contributed by atoms with van der Waals surface area (Å²) in [6.45, 7) is 3.62. The van der Waals surface area contributed by atoms with Crippen molar-refractivity contribution in [3.8, 4) is 17.2 Å². The standard InChI is InChI=1S/C18H17N3O6/c1-11-3-4-15(12(2)5-11)25-9-18(22)20-19-8-13-6-16-17(27-10-26-16)7-14(13)21(23)24/h3-8H,9-10H2,1-2H3,(H,20,22). The van der Waals surface area contributed by atoms with Crippen LogP contribution in [0.15, 0.2) is 35.4 Å². The van der Waals surface area contributed by atoms with Gasteiger partial charge in [0.2, 0.25) is 6.79 Å². The topological polar surface area (TPSA) is 112 Å². The van der Waals surface area contributed by atoms with Crippen LogP contribution in [0.2, 0.25) is 0 Å². The van der Waals surface area contributed by atoms with Crippen molar-refractivity contribution in [2.75, 3.05) is 13.4 Å². The predicted molar refractivity (Wildman–Crippen MR) is 96.4 cm³/mol. The van der Waals surface area contributed by atoms with Crippen LogP contribution in [-0.2, 0) is 4.79 Å². The number of fused-ring (bicyclic) bond motifs is 1. The van der Waals surface area contributed by atoms with Gasteiger partial charge < -0.3 is 14.2 Å². The monoisotopic (exact) mass is 371 g/mol. The lowest BCUT2D eigenvalue weighted by Crippen LogP contribution is -2.24. The van der Waals surface area contributed by atoms with Crippen molar-refractivity contribution in [3.63, 3.8) is 0 Å². The zero-order valence-corrected chi connectivity index (χ0v) is 14.7. The summed E-state index contributed by atoms with van der Waals surface area (Å²) in [4.78, 5) is 22.5. The van der Waals surface area contributed by atoms with E-state index in [0.717, 1.165) is 11.1 Å². The fraction of sp³-hybridized carbons (Fsp3) is 0.222. The number of amides is 1. The summed E-state index contributed by atoms with van der Waals surface area (Å²) >= 11 is 0. The highest BCUT2D eigenvalue weighted by Crippen LogP contribution is 2.37. The molecule has 0 bridgehead atoms. The molecular formula is C18H17N3O6. The van der Waals surface area contributed by atoms with Crippen LogP contribution >= 0.6 is 0 Å². The second-order valence-electron chi connectivity index (χ2n) is 5.87. The van der Waals surface area contributed by atoms with E-state index in [1.807, 2.05) is 26.0 Å². The quantitative estimate of drug-likeness (QED) is 0.474. The number of aryl methyl sites for hydroxylation is 2. The molecule has 0 aliphatic carbocycles. The first-order chi connectivity index (χ1) is 12.9. The van der Waals surface area contributed by atoms with Crippen molar-refractivity contribution in [1.82, 2.24) is 5.43 Å². The molecule has 27 heavy (non-hydrogen) atoms. The lowest BCUT2D eigenvalue weighted by Gasteiger charge is -2.08. The summed E-state index contributed by atoms with van der Waals surface area (Å²) in [5.41, 5.74) is 4.27.